The van der Waals surface area contributed by atoms with E-state index in [2.05, 4.69) is 24.0 Å². The van der Waals surface area contributed by atoms with Crippen LogP contribution in [0, 0.1) is 6.92 Å². The van der Waals surface area contributed by atoms with E-state index in [1.54, 1.807) is 12.4 Å². The number of aliphatic hydroxyl groups is 1. The third kappa shape index (κ3) is 3.67. The molecule has 2 rings (SSSR count). The summed E-state index contributed by atoms with van der Waals surface area (Å²) in [6.45, 7) is 2.09. The molecular weight excluding hydrogens is 222 g/mol. The van der Waals surface area contributed by atoms with Gasteiger partial charge in [0.15, 0.2) is 0 Å². The van der Waals surface area contributed by atoms with Gasteiger partial charge in [0.1, 0.15) is 0 Å². The number of pyridine rings is 1. The summed E-state index contributed by atoms with van der Waals surface area (Å²) in [6, 6.07) is 12.2. The molecule has 1 N–H and O–H groups in total. The Morgan fingerprint density at radius 2 is 1.83 bits per heavy atom. The van der Waals surface area contributed by atoms with Gasteiger partial charge in [0.2, 0.25) is 0 Å². The number of hydrogen-bond donors (Lipinski definition) is 1. The molecule has 1 aromatic heterocycles. The van der Waals surface area contributed by atoms with Crippen molar-refractivity contribution in [1.82, 2.24) is 4.98 Å². The zero-order valence-electron chi connectivity index (χ0n) is 10.7. The Morgan fingerprint density at radius 3 is 2.56 bits per heavy atom. The van der Waals surface area contributed by atoms with E-state index in [1.807, 2.05) is 24.3 Å². The van der Waals surface area contributed by atoms with Gasteiger partial charge in [0.05, 0.1) is 6.10 Å². The molecule has 0 aliphatic rings. The Morgan fingerprint density at radius 1 is 1.11 bits per heavy atom. The number of aromatic nitrogens is 1. The molecule has 2 nitrogen and oxygen atoms in total. The van der Waals surface area contributed by atoms with E-state index in [9.17, 15) is 5.11 Å². The van der Waals surface area contributed by atoms with Crippen LogP contribution in [0.4, 0.5) is 0 Å². The van der Waals surface area contributed by atoms with Crippen molar-refractivity contribution in [3.63, 3.8) is 0 Å². The molecule has 1 aromatic carbocycles. The maximum atomic E-state index is 10.1. The second-order valence-corrected chi connectivity index (χ2v) is 4.68. The van der Waals surface area contributed by atoms with Crippen LogP contribution in [0.25, 0.3) is 0 Å². The van der Waals surface area contributed by atoms with Crippen LogP contribution in [-0.4, -0.2) is 16.2 Å². The highest BCUT2D eigenvalue weighted by Gasteiger charge is 2.07. The van der Waals surface area contributed by atoms with Gasteiger partial charge in [-0.3, -0.25) is 4.98 Å². The van der Waals surface area contributed by atoms with Crippen molar-refractivity contribution < 1.29 is 5.11 Å². The van der Waals surface area contributed by atoms with Crippen LogP contribution in [0.5, 0.6) is 0 Å². The Hall–Kier alpha value is -1.67. The Bertz CT molecular complexity index is 481. The summed E-state index contributed by atoms with van der Waals surface area (Å²) in [5.41, 5.74) is 3.72. The summed E-state index contributed by atoms with van der Waals surface area (Å²) < 4.78 is 0. The number of aryl methyl sites for hydroxylation is 2. The van der Waals surface area contributed by atoms with Gasteiger partial charge in [0, 0.05) is 12.4 Å². The summed E-state index contributed by atoms with van der Waals surface area (Å²) >= 11 is 0. The molecule has 0 saturated carbocycles. The van der Waals surface area contributed by atoms with Gasteiger partial charge in [-0.15, -0.1) is 0 Å². The molecule has 0 aliphatic heterocycles. The summed E-state index contributed by atoms with van der Waals surface area (Å²) in [5, 5.41) is 10.1. The lowest BCUT2D eigenvalue weighted by molar-refractivity contribution is 0.165. The summed E-state index contributed by atoms with van der Waals surface area (Å²) in [4.78, 5) is 3.99. The van der Waals surface area contributed by atoms with E-state index >= 15 is 0 Å². The molecule has 0 aliphatic carbocycles. The van der Waals surface area contributed by atoms with E-state index < -0.39 is 0 Å². The minimum Gasteiger partial charge on any atom is -0.393 e. The Labute approximate surface area is 108 Å². The molecule has 2 aromatic rings. The quantitative estimate of drug-likeness (QED) is 0.873. The first kappa shape index (κ1) is 12.8. The highest BCUT2D eigenvalue weighted by Crippen LogP contribution is 2.13. The molecule has 1 atom stereocenters. The second-order valence-electron chi connectivity index (χ2n) is 4.68. The molecule has 1 unspecified atom stereocenters. The smallest absolute Gasteiger partial charge is 0.0583 e. The van der Waals surface area contributed by atoms with Crippen LogP contribution in [0.15, 0.2) is 48.8 Å². The van der Waals surface area contributed by atoms with Crippen LogP contribution in [0.2, 0.25) is 0 Å². The van der Waals surface area contributed by atoms with Crippen molar-refractivity contribution in [2.45, 2.75) is 32.3 Å². The van der Waals surface area contributed by atoms with Gasteiger partial charge in [0.25, 0.3) is 0 Å². The highest BCUT2D eigenvalue weighted by atomic mass is 16.3. The fourth-order valence-electron chi connectivity index (χ4n) is 2.08. The molecule has 2 heteroatoms. The summed E-state index contributed by atoms with van der Waals surface area (Å²) in [7, 11) is 0. The predicted molar refractivity (Wildman–Crippen MR) is 73.4 cm³/mol. The molecular formula is C16H19NO. The minimum atomic E-state index is -0.278. The lowest BCUT2D eigenvalue weighted by atomic mass is 9.99. The van der Waals surface area contributed by atoms with Crippen LogP contribution in [0.1, 0.15) is 23.1 Å². The van der Waals surface area contributed by atoms with E-state index in [0.717, 1.165) is 19.3 Å². The normalized spacial score (nSPS) is 12.3. The zero-order chi connectivity index (χ0) is 12.8. The first-order valence-electron chi connectivity index (χ1n) is 6.37. The van der Waals surface area contributed by atoms with Crippen LogP contribution in [-0.2, 0) is 12.8 Å². The van der Waals surface area contributed by atoms with Gasteiger partial charge in [-0.2, -0.15) is 0 Å². The van der Waals surface area contributed by atoms with E-state index in [4.69, 9.17) is 0 Å². The average molecular weight is 241 g/mol. The van der Waals surface area contributed by atoms with Crippen molar-refractivity contribution in [3.05, 3.63) is 65.5 Å². The van der Waals surface area contributed by atoms with Crippen molar-refractivity contribution in [1.29, 1.82) is 0 Å². The monoisotopic (exact) mass is 241 g/mol. The maximum Gasteiger partial charge on any atom is 0.0583 e. The Kier molecular flexibility index (Phi) is 4.48. The van der Waals surface area contributed by atoms with Crippen LogP contribution < -0.4 is 0 Å². The average Bonchev–Trinajstić information content (AvgIpc) is 2.40. The number of hydrogen-bond acceptors (Lipinski definition) is 2. The van der Waals surface area contributed by atoms with E-state index in [-0.39, 0.29) is 6.10 Å². The first-order chi connectivity index (χ1) is 8.75. The van der Waals surface area contributed by atoms with E-state index in [1.165, 1.54) is 16.7 Å². The first-order valence-corrected chi connectivity index (χ1v) is 6.37. The molecule has 94 valence electrons. The maximum absolute atomic E-state index is 10.1. The third-order valence-electron chi connectivity index (χ3n) is 3.23. The van der Waals surface area contributed by atoms with Crippen molar-refractivity contribution in [2.24, 2.45) is 0 Å². The summed E-state index contributed by atoms with van der Waals surface area (Å²) in [6.07, 6.45) is 5.73. The molecule has 0 fully saturated rings. The van der Waals surface area contributed by atoms with Gasteiger partial charge in [-0.1, -0.05) is 24.3 Å². The van der Waals surface area contributed by atoms with Crippen molar-refractivity contribution in [2.75, 3.05) is 0 Å². The number of rotatable bonds is 5. The fourth-order valence-corrected chi connectivity index (χ4v) is 2.08. The van der Waals surface area contributed by atoms with E-state index in [0.29, 0.717) is 0 Å². The number of benzene rings is 1. The third-order valence-corrected chi connectivity index (χ3v) is 3.23. The summed E-state index contributed by atoms with van der Waals surface area (Å²) in [5.74, 6) is 0. The number of aliphatic hydroxyl groups excluding tert-OH is 1. The standard InChI is InChI=1S/C16H19NO/c1-13-4-2-3-5-15(13)12-16(18)7-6-14-8-10-17-11-9-14/h2-5,8-11,16,18H,6-7,12H2,1H3. The largest absolute Gasteiger partial charge is 0.393 e. The lowest BCUT2D eigenvalue weighted by Gasteiger charge is -2.12. The van der Waals surface area contributed by atoms with Crippen molar-refractivity contribution >= 4 is 0 Å². The van der Waals surface area contributed by atoms with Crippen LogP contribution >= 0.6 is 0 Å². The van der Waals surface area contributed by atoms with Gasteiger partial charge >= 0.3 is 0 Å². The molecule has 0 amide bonds. The predicted octanol–water partition coefficient (Wildman–Crippen LogP) is 2.93. The highest BCUT2D eigenvalue weighted by molar-refractivity contribution is 5.26. The molecule has 0 saturated heterocycles. The second kappa shape index (κ2) is 6.31. The topological polar surface area (TPSA) is 33.1 Å². The minimum absolute atomic E-state index is 0.278. The SMILES string of the molecule is Cc1ccccc1CC(O)CCc1ccncc1. The molecule has 0 radical (unpaired) electrons. The zero-order valence-corrected chi connectivity index (χ0v) is 10.7. The van der Waals surface area contributed by atoms with Gasteiger partial charge < -0.3 is 5.11 Å². The molecule has 0 bridgehead atoms. The van der Waals surface area contributed by atoms with Crippen molar-refractivity contribution in [3.8, 4) is 0 Å². The molecule has 18 heavy (non-hydrogen) atoms. The Balaban J connectivity index is 1.86. The van der Waals surface area contributed by atoms with Gasteiger partial charge in [-0.25, -0.2) is 0 Å². The lowest BCUT2D eigenvalue weighted by Crippen LogP contribution is -2.12. The molecule has 0 spiro atoms. The van der Waals surface area contributed by atoms with Gasteiger partial charge in [-0.05, 0) is 55.0 Å². The molecule has 1 heterocycles. The number of nitrogens with zero attached hydrogens (tertiary/aromatic N) is 1. The fraction of sp³-hybridized carbons (Fsp3) is 0.312. The van der Waals surface area contributed by atoms with Crippen LogP contribution in [0.3, 0.4) is 0 Å².